The average molecular weight is 1360 g/mol. The lowest BCUT2D eigenvalue weighted by atomic mass is 10.0. The number of aryl methyl sites for hydroxylation is 3. The fourth-order valence-electron chi connectivity index (χ4n) is 12.0. The van der Waals surface area contributed by atoms with Gasteiger partial charge in [0.1, 0.15) is 42.7 Å². The van der Waals surface area contributed by atoms with Crippen LogP contribution < -0.4 is 57.2 Å². The molecule has 26 nitrogen and oxygen atoms in total. The zero-order chi connectivity index (χ0) is 71.0. The van der Waals surface area contributed by atoms with Crippen LogP contribution >= 0.6 is 0 Å². The Labute approximate surface area is 576 Å². The summed E-state index contributed by atoms with van der Waals surface area (Å²) >= 11 is 0. The van der Waals surface area contributed by atoms with Gasteiger partial charge in [-0.1, -0.05) is 54.6 Å². The van der Waals surface area contributed by atoms with Crippen LogP contribution in [0.2, 0.25) is 0 Å². The number of benzene rings is 6. The first-order valence-electron chi connectivity index (χ1n) is 32.5. The zero-order valence-corrected chi connectivity index (χ0v) is 56.0. The number of hydrogen-bond acceptors (Lipinski definition) is 19. The fraction of sp³-hybridized carbons (Fsp3) is 0.297. The maximum atomic E-state index is 12.9. The summed E-state index contributed by atoms with van der Waals surface area (Å²) in [7, 11) is 0. The number of amides is 7. The van der Waals surface area contributed by atoms with Gasteiger partial charge in [-0.25, -0.2) is 21.2 Å². The number of nitrogens with zero attached hydrogens (tertiary/aromatic N) is 4. The Morgan fingerprint density at radius 3 is 1.09 bits per heavy atom. The highest BCUT2D eigenvalue weighted by molar-refractivity contribution is 5.97. The standard InChI is InChI=1S/C28H32N4O6.2C23H24N4O4/c1-17-13-19(21-7-5-6-8-23(21)29-17)16-37-20-11-9-18(10-12-20)25(33)30-24-15-32(14-22(24)26(34)31-36)27(35)38-28(2,3)4;2*1-14-10-16(18-4-2-3-5-20(18)25-14)13-31-17-8-6-15(7-9-17)22(28)26-21-12-24-11-19(21)23(29)27-30/h5-13,22,24,36H,14-16H2,1-4H3,(H,30,33)(H,31,34);2*2-10,19,21,24,30H,11-13H2,1H3,(H,26,28)(H,27,29)/t22-,24+;19-,21+;19-,21-/m110/s1. The highest BCUT2D eigenvalue weighted by Crippen LogP contribution is 2.27. The second-order valence-corrected chi connectivity index (χ2v) is 25.4. The lowest BCUT2D eigenvalue weighted by Gasteiger charge is -2.24. The van der Waals surface area contributed by atoms with Crippen molar-refractivity contribution in [2.24, 2.45) is 17.8 Å². The van der Waals surface area contributed by atoms with Gasteiger partial charge >= 0.3 is 6.09 Å². The lowest BCUT2D eigenvalue weighted by molar-refractivity contribution is -0.134. The molecule has 520 valence electrons. The summed E-state index contributed by atoms with van der Waals surface area (Å²) in [6.07, 6.45) is -0.594. The van der Waals surface area contributed by atoms with Crippen LogP contribution in [0.3, 0.4) is 0 Å². The molecule has 0 saturated carbocycles. The van der Waals surface area contributed by atoms with Crippen LogP contribution in [0.1, 0.15) is 85.6 Å². The highest BCUT2D eigenvalue weighted by atomic mass is 16.6. The molecule has 6 atom stereocenters. The van der Waals surface area contributed by atoms with Crippen molar-refractivity contribution in [2.75, 3.05) is 39.3 Å². The number of carbonyl (C=O) groups is 7. The van der Waals surface area contributed by atoms with Crippen molar-refractivity contribution in [3.63, 3.8) is 0 Å². The topological polar surface area (TPSA) is 355 Å². The first-order valence-corrected chi connectivity index (χ1v) is 32.5. The number of carbonyl (C=O) groups excluding carboxylic acids is 7. The first kappa shape index (κ1) is 71.6. The Hall–Kier alpha value is -11.2. The number of ether oxygens (including phenoxy) is 4. The van der Waals surface area contributed by atoms with Gasteiger partial charge in [-0.2, -0.15) is 0 Å². The van der Waals surface area contributed by atoms with E-state index >= 15 is 0 Å². The Kier molecular flexibility index (Phi) is 23.6. The van der Waals surface area contributed by atoms with Gasteiger partial charge < -0.3 is 50.4 Å². The number of para-hydroxylation sites is 3. The van der Waals surface area contributed by atoms with Crippen LogP contribution in [0, 0.1) is 38.5 Å². The van der Waals surface area contributed by atoms with Crippen LogP contribution in [-0.4, -0.2) is 140 Å². The van der Waals surface area contributed by atoms with E-state index in [1.165, 1.54) is 4.90 Å². The Bertz CT molecular complexity index is 4250. The summed E-state index contributed by atoms with van der Waals surface area (Å²) in [6, 6.07) is 48.7. The molecule has 3 fully saturated rings. The summed E-state index contributed by atoms with van der Waals surface area (Å²) < 4.78 is 23.2. The molecule has 3 aliphatic rings. The number of nitrogens with one attached hydrogen (secondary N) is 8. The van der Waals surface area contributed by atoms with Crippen LogP contribution in [0.4, 0.5) is 4.79 Å². The fourth-order valence-corrected chi connectivity index (χ4v) is 12.0. The van der Waals surface area contributed by atoms with E-state index in [0.29, 0.717) is 79.9 Å². The van der Waals surface area contributed by atoms with E-state index < -0.39 is 71.2 Å². The van der Waals surface area contributed by atoms with Gasteiger partial charge in [0.15, 0.2) is 0 Å². The molecule has 3 saturated heterocycles. The van der Waals surface area contributed by atoms with Crippen molar-refractivity contribution < 1.29 is 68.1 Å². The van der Waals surface area contributed by atoms with Crippen LogP contribution in [0.15, 0.2) is 164 Å². The number of hydroxylamine groups is 3. The molecule has 26 heteroatoms. The number of fused-ring (bicyclic) bond motifs is 3. The van der Waals surface area contributed by atoms with E-state index in [0.717, 1.165) is 66.5 Å². The largest absolute Gasteiger partial charge is 0.489 e. The van der Waals surface area contributed by atoms with Gasteiger partial charge in [0.2, 0.25) is 17.7 Å². The molecule has 0 bridgehead atoms. The third kappa shape index (κ3) is 18.5. The van der Waals surface area contributed by atoms with Gasteiger partial charge in [0.05, 0.1) is 52.4 Å². The zero-order valence-electron chi connectivity index (χ0n) is 56.0. The molecular weight excluding hydrogens is 1280 g/mol. The molecule has 0 unspecified atom stereocenters. The molecule has 3 aromatic heterocycles. The number of pyridine rings is 3. The second-order valence-electron chi connectivity index (χ2n) is 25.4. The number of likely N-dealkylation sites (tertiary alicyclic amines) is 1. The van der Waals surface area contributed by atoms with Crippen LogP contribution in [0.25, 0.3) is 32.7 Å². The molecule has 6 aromatic carbocycles. The molecule has 3 aliphatic heterocycles. The predicted octanol–water partition coefficient (Wildman–Crippen LogP) is 7.48. The second kappa shape index (κ2) is 32.9. The van der Waals surface area contributed by atoms with Gasteiger partial charge in [-0.05, 0) is 151 Å². The Balaban J connectivity index is 0.000000163. The summed E-state index contributed by atoms with van der Waals surface area (Å²) in [4.78, 5) is 101. The van der Waals surface area contributed by atoms with Gasteiger partial charge in [0, 0.05) is 106 Å². The molecule has 6 heterocycles. The van der Waals surface area contributed by atoms with Crippen LogP contribution in [0.5, 0.6) is 17.2 Å². The lowest BCUT2D eigenvalue weighted by Crippen LogP contribution is -2.45. The average Bonchev–Trinajstić information content (AvgIpc) is 0.846. The van der Waals surface area contributed by atoms with E-state index in [-0.39, 0.29) is 24.9 Å². The van der Waals surface area contributed by atoms with Gasteiger partial charge in [-0.3, -0.25) is 59.3 Å². The molecule has 12 rings (SSSR count). The minimum Gasteiger partial charge on any atom is -0.489 e. The minimum absolute atomic E-state index is 0.00218. The Morgan fingerprint density at radius 2 is 0.760 bits per heavy atom. The number of hydrogen-bond donors (Lipinski definition) is 11. The third-order valence-corrected chi connectivity index (χ3v) is 17.0. The maximum absolute atomic E-state index is 12.9. The van der Waals surface area contributed by atoms with E-state index in [9.17, 15) is 33.6 Å². The summed E-state index contributed by atoms with van der Waals surface area (Å²) in [5.74, 6) is -2.69. The van der Waals surface area contributed by atoms with Crippen molar-refractivity contribution in [1.82, 2.24) is 62.9 Å². The third-order valence-electron chi connectivity index (χ3n) is 17.0. The summed E-state index contributed by atoms with van der Waals surface area (Å²) in [5.41, 5.74) is 14.1. The molecule has 9 aromatic rings. The van der Waals surface area contributed by atoms with E-state index in [4.69, 9.17) is 34.6 Å². The van der Waals surface area contributed by atoms with Crippen molar-refractivity contribution in [1.29, 1.82) is 0 Å². The van der Waals surface area contributed by atoms with Crippen molar-refractivity contribution >= 4 is 74.2 Å². The molecule has 11 N–H and O–H groups in total. The molecule has 100 heavy (non-hydrogen) atoms. The number of aromatic nitrogens is 3. The van der Waals surface area contributed by atoms with E-state index in [1.54, 1.807) is 110 Å². The Morgan fingerprint density at radius 1 is 0.440 bits per heavy atom. The van der Waals surface area contributed by atoms with Crippen molar-refractivity contribution in [3.8, 4) is 17.2 Å². The number of rotatable bonds is 18. The summed E-state index contributed by atoms with van der Waals surface area (Å²) in [6.45, 7) is 14.0. The quantitative estimate of drug-likeness (QED) is 0.0293. The molecular formula is C74H80N12O14. The van der Waals surface area contributed by atoms with E-state index in [1.807, 2.05) is 112 Å². The van der Waals surface area contributed by atoms with E-state index in [2.05, 4.69) is 41.5 Å². The summed E-state index contributed by atoms with van der Waals surface area (Å²) in [5, 5.41) is 44.5. The smallest absolute Gasteiger partial charge is 0.410 e. The molecule has 7 amide bonds. The SMILES string of the molecule is Cc1cc(COc2ccc(C(=O)N[C@H]3CN(C(=O)OC(C)(C)C)C[C@H]3C(=O)NO)cc2)c2ccccc2n1.Cc1cc(COc2ccc(C(=O)N[C@H]3CNC[C@@H]3C(=O)NO)cc2)c2ccccc2n1.Cc1cc(COc2ccc(C(=O)N[C@H]3CNC[C@H]3C(=O)NO)cc2)c2ccccc2n1. The molecule has 0 spiro atoms. The highest BCUT2D eigenvalue weighted by Gasteiger charge is 2.42. The minimum atomic E-state index is -0.835. The molecule has 0 radical (unpaired) electrons. The maximum Gasteiger partial charge on any atom is 0.410 e. The first-order chi connectivity index (χ1) is 48.1. The van der Waals surface area contributed by atoms with Crippen molar-refractivity contribution in [3.05, 3.63) is 214 Å². The van der Waals surface area contributed by atoms with Crippen LogP contribution in [-0.2, 0) is 38.9 Å². The van der Waals surface area contributed by atoms with Gasteiger partial charge in [0.25, 0.3) is 17.7 Å². The predicted molar refractivity (Wildman–Crippen MR) is 369 cm³/mol. The van der Waals surface area contributed by atoms with Gasteiger partial charge in [-0.15, -0.1) is 0 Å². The van der Waals surface area contributed by atoms with Crippen molar-refractivity contribution in [2.45, 2.75) is 85.1 Å². The monoisotopic (exact) mass is 1360 g/mol. The normalized spacial score (nSPS) is 17.7. The molecule has 0 aliphatic carbocycles.